The molecule has 3 rings (SSSR count). The van der Waals surface area contributed by atoms with Gasteiger partial charge in [0.25, 0.3) is 0 Å². The highest BCUT2D eigenvalue weighted by Gasteiger charge is 2.40. The number of phenols is 1. The number of piperidine rings is 1. The van der Waals surface area contributed by atoms with E-state index in [0.717, 1.165) is 31.5 Å². The van der Waals surface area contributed by atoms with Crippen molar-refractivity contribution in [3.05, 3.63) is 29.8 Å². The average Bonchev–Trinajstić information content (AvgIpc) is 2.55. The Morgan fingerprint density at radius 1 is 1.30 bits per heavy atom. The minimum Gasteiger partial charge on any atom is -0.508 e. The molecular weight excluding hydrogens is 316 g/mol. The fraction of sp³-hybridized carbons (Fsp3) is 0.588. The SMILES string of the molecule is CC(C(=O)N1CCOC2(CCNCC2)C1)c1ccc(O)cc1.Cl. The second kappa shape index (κ2) is 7.51. The number of nitrogens with zero attached hydrogens (tertiary/aromatic N) is 1. The van der Waals surface area contributed by atoms with Crippen LogP contribution in [0.15, 0.2) is 24.3 Å². The van der Waals surface area contributed by atoms with Gasteiger partial charge in [0.05, 0.1) is 18.1 Å². The average molecular weight is 341 g/mol. The number of rotatable bonds is 2. The van der Waals surface area contributed by atoms with Crippen LogP contribution in [0.2, 0.25) is 0 Å². The molecule has 0 saturated carbocycles. The van der Waals surface area contributed by atoms with Gasteiger partial charge in [0, 0.05) is 13.1 Å². The lowest BCUT2D eigenvalue weighted by Crippen LogP contribution is -2.58. The largest absolute Gasteiger partial charge is 0.508 e. The lowest BCUT2D eigenvalue weighted by Gasteiger charge is -2.45. The Morgan fingerprint density at radius 3 is 2.61 bits per heavy atom. The molecule has 2 aliphatic heterocycles. The van der Waals surface area contributed by atoms with E-state index < -0.39 is 0 Å². The second-order valence-corrected chi connectivity index (χ2v) is 6.35. The van der Waals surface area contributed by atoms with Gasteiger partial charge in [0.2, 0.25) is 5.91 Å². The van der Waals surface area contributed by atoms with Crippen molar-refractivity contribution in [2.75, 3.05) is 32.8 Å². The van der Waals surface area contributed by atoms with Crippen molar-refractivity contribution in [2.45, 2.75) is 31.3 Å². The van der Waals surface area contributed by atoms with Crippen LogP contribution < -0.4 is 5.32 Å². The molecule has 2 aliphatic rings. The van der Waals surface area contributed by atoms with Crippen LogP contribution in [-0.2, 0) is 9.53 Å². The van der Waals surface area contributed by atoms with Gasteiger partial charge in [0.1, 0.15) is 5.75 Å². The van der Waals surface area contributed by atoms with E-state index in [2.05, 4.69) is 5.32 Å². The van der Waals surface area contributed by atoms with Crippen molar-refractivity contribution in [1.29, 1.82) is 0 Å². The predicted molar refractivity (Wildman–Crippen MR) is 91.1 cm³/mol. The van der Waals surface area contributed by atoms with Crippen molar-refractivity contribution in [1.82, 2.24) is 10.2 Å². The number of ether oxygens (including phenoxy) is 1. The van der Waals surface area contributed by atoms with Crippen LogP contribution in [0, 0.1) is 0 Å². The molecule has 0 radical (unpaired) electrons. The van der Waals surface area contributed by atoms with Crippen molar-refractivity contribution in [3.63, 3.8) is 0 Å². The van der Waals surface area contributed by atoms with Crippen LogP contribution in [0.1, 0.15) is 31.2 Å². The monoisotopic (exact) mass is 340 g/mol. The number of phenolic OH excluding ortho intramolecular Hbond substituents is 1. The highest BCUT2D eigenvalue weighted by Crippen LogP contribution is 2.29. The number of amides is 1. The quantitative estimate of drug-likeness (QED) is 0.863. The smallest absolute Gasteiger partial charge is 0.230 e. The number of nitrogens with one attached hydrogen (secondary N) is 1. The summed E-state index contributed by atoms with van der Waals surface area (Å²) in [4.78, 5) is 14.8. The van der Waals surface area contributed by atoms with Crippen LogP contribution in [0.3, 0.4) is 0 Å². The molecule has 1 aromatic carbocycles. The Balaban J connectivity index is 0.00000192. The Hall–Kier alpha value is -1.30. The first-order valence-electron chi connectivity index (χ1n) is 8.02. The normalized spacial score (nSPS) is 21.5. The van der Waals surface area contributed by atoms with Crippen molar-refractivity contribution in [3.8, 4) is 5.75 Å². The van der Waals surface area contributed by atoms with Gasteiger partial charge in [-0.1, -0.05) is 12.1 Å². The summed E-state index contributed by atoms with van der Waals surface area (Å²) in [5, 5.41) is 12.7. The van der Waals surface area contributed by atoms with E-state index in [0.29, 0.717) is 19.7 Å². The maximum atomic E-state index is 12.8. The van der Waals surface area contributed by atoms with Crippen molar-refractivity contribution in [2.24, 2.45) is 0 Å². The molecule has 1 amide bonds. The lowest BCUT2D eigenvalue weighted by atomic mass is 9.89. The number of carbonyl (C=O) groups excluding carboxylic acids is 1. The molecule has 2 fully saturated rings. The summed E-state index contributed by atoms with van der Waals surface area (Å²) in [6.45, 7) is 5.81. The number of hydrogen-bond donors (Lipinski definition) is 2. The zero-order valence-corrected chi connectivity index (χ0v) is 14.3. The minimum atomic E-state index is -0.197. The molecule has 2 saturated heterocycles. The molecule has 0 aromatic heterocycles. The highest BCUT2D eigenvalue weighted by atomic mass is 35.5. The van der Waals surface area contributed by atoms with Gasteiger partial charge in [0.15, 0.2) is 0 Å². The van der Waals surface area contributed by atoms with Gasteiger partial charge in [-0.15, -0.1) is 12.4 Å². The fourth-order valence-corrected chi connectivity index (χ4v) is 3.40. The van der Waals surface area contributed by atoms with Crippen LogP contribution >= 0.6 is 12.4 Å². The van der Waals surface area contributed by atoms with Gasteiger partial charge in [-0.3, -0.25) is 4.79 Å². The van der Waals surface area contributed by atoms with Gasteiger partial charge in [-0.2, -0.15) is 0 Å². The number of aromatic hydroxyl groups is 1. The molecule has 1 aromatic rings. The number of hydrogen-bond acceptors (Lipinski definition) is 4. The third-order valence-corrected chi connectivity index (χ3v) is 4.84. The predicted octanol–water partition coefficient (Wildman–Crippen LogP) is 1.90. The van der Waals surface area contributed by atoms with Crippen LogP contribution in [0.5, 0.6) is 5.75 Å². The standard InChI is InChI=1S/C17H24N2O3.ClH/c1-13(14-2-4-15(20)5-3-14)16(21)19-10-11-22-17(12-19)6-8-18-9-7-17;/h2-5,13,18,20H,6-12H2,1H3;1H. The molecule has 2 heterocycles. The summed E-state index contributed by atoms with van der Waals surface area (Å²) in [6, 6.07) is 6.90. The molecule has 23 heavy (non-hydrogen) atoms. The Morgan fingerprint density at radius 2 is 1.96 bits per heavy atom. The van der Waals surface area contributed by atoms with Crippen LogP contribution in [0.25, 0.3) is 0 Å². The van der Waals surface area contributed by atoms with E-state index in [9.17, 15) is 9.90 Å². The maximum absolute atomic E-state index is 12.8. The molecule has 128 valence electrons. The van der Waals surface area contributed by atoms with Crippen molar-refractivity contribution >= 4 is 18.3 Å². The first-order valence-corrected chi connectivity index (χ1v) is 8.02. The van der Waals surface area contributed by atoms with Crippen LogP contribution in [-0.4, -0.2) is 54.3 Å². The first-order chi connectivity index (χ1) is 10.6. The molecule has 5 nitrogen and oxygen atoms in total. The fourth-order valence-electron chi connectivity index (χ4n) is 3.40. The molecule has 0 aliphatic carbocycles. The summed E-state index contributed by atoms with van der Waals surface area (Å²) >= 11 is 0. The van der Waals surface area contributed by atoms with Crippen LogP contribution in [0.4, 0.5) is 0 Å². The van der Waals surface area contributed by atoms with Gasteiger partial charge in [-0.05, 0) is 50.6 Å². The number of benzene rings is 1. The minimum absolute atomic E-state index is 0. The van der Waals surface area contributed by atoms with E-state index in [4.69, 9.17) is 4.74 Å². The van der Waals surface area contributed by atoms with Gasteiger partial charge < -0.3 is 20.1 Å². The highest BCUT2D eigenvalue weighted by molar-refractivity contribution is 5.85. The van der Waals surface area contributed by atoms with E-state index in [1.807, 2.05) is 24.0 Å². The molecule has 0 bridgehead atoms. The third kappa shape index (κ3) is 3.97. The van der Waals surface area contributed by atoms with Gasteiger partial charge in [-0.25, -0.2) is 0 Å². The maximum Gasteiger partial charge on any atom is 0.230 e. The van der Waals surface area contributed by atoms with E-state index in [1.54, 1.807) is 12.1 Å². The summed E-state index contributed by atoms with van der Waals surface area (Å²) in [6.07, 6.45) is 1.93. The zero-order chi connectivity index (χ0) is 15.6. The number of morpholine rings is 1. The molecule has 6 heteroatoms. The topological polar surface area (TPSA) is 61.8 Å². The lowest BCUT2D eigenvalue weighted by molar-refractivity contribution is -0.156. The Bertz CT molecular complexity index is 524. The Kier molecular flexibility index (Phi) is 5.89. The zero-order valence-electron chi connectivity index (χ0n) is 13.5. The first kappa shape index (κ1) is 18.0. The summed E-state index contributed by atoms with van der Waals surface area (Å²) in [5.74, 6) is 0.174. The molecule has 1 atom stereocenters. The van der Waals surface area contributed by atoms with Crippen molar-refractivity contribution < 1.29 is 14.6 Å². The summed E-state index contributed by atoms with van der Waals surface area (Å²) < 4.78 is 6.02. The number of carbonyl (C=O) groups is 1. The second-order valence-electron chi connectivity index (χ2n) is 6.35. The summed E-state index contributed by atoms with van der Waals surface area (Å²) in [7, 11) is 0. The molecule has 2 N–H and O–H groups in total. The summed E-state index contributed by atoms with van der Waals surface area (Å²) in [5.41, 5.74) is 0.780. The molecule has 1 unspecified atom stereocenters. The third-order valence-electron chi connectivity index (χ3n) is 4.84. The van der Waals surface area contributed by atoms with Gasteiger partial charge >= 0.3 is 0 Å². The Labute approximate surface area is 143 Å². The molecule has 1 spiro atoms. The molecular formula is C17H25ClN2O3. The van der Waals surface area contributed by atoms with E-state index >= 15 is 0 Å². The number of halogens is 1. The van der Waals surface area contributed by atoms with E-state index in [1.165, 1.54) is 0 Å². The van der Waals surface area contributed by atoms with E-state index in [-0.39, 0.29) is 35.6 Å².